The number of rotatable bonds is 6. The van der Waals surface area contributed by atoms with Gasteiger partial charge in [-0.1, -0.05) is 24.3 Å². The van der Waals surface area contributed by atoms with Gasteiger partial charge in [-0.25, -0.2) is 14.5 Å². The number of pyridine rings is 1. The number of esters is 1. The first-order valence-electron chi connectivity index (χ1n) is 14.5. The maximum absolute atomic E-state index is 12.4. The van der Waals surface area contributed by atoms with E-state index in [9.17, 15) is 4.79 Å². The van der Waals surface area contributed by atoms with Crippen molar-refractivity contribution >= 4 is 40.4 Å². The molecule has 6 rings (SSSR count). The summed E-state index contributed by atoms with van der Waals surface area (Å²) in [4.78, 5) is 27.0. The van der Waals surface area contributed by atoms with Crippen molar-refractivity contribution in [3.05, 3.63) is 65.7 Å². The Labute approximate surface area is 240 Å². The Bertz CT molecular complexity index is 1560. The van der Waals surface area contributed by atoms with Gasteiger partial charge < -0.3 is 14.4 Å². The van der Waals surface area contributed by atoms with Gasteiger partial charge in [-0.2, -0.15) is 5.10 Å². The van der Waals surface area contributed by atoms with Crippen LogP contribution in [0.1, 0.15) is 56.6 Å². The molecule has 214 valence electrons. The molecule has 9 heteroatoms. The summed E-state index contributed by atoms with van der Waals surface area (Å²) in [7, 11) is 0. The molecule has 0 N–H and O–H groups in total. The van der Waals surface area contributed by atoms with Gasteiger partial charge in [0.15, 0.2) is 5.65 Å². The van der Waals surface area contributed by atoms with Gasteiger partial charge in [0.1, 0.15) is 5.60 Å². The second kappa shape index (κ2) is 11.6. The predicted octanol–water partition coefficient (Wildman–Crippen LogP) is 4.81. The van der Waals surface area contributed by atoms with Gasteiger partial charge in [0, 0.05) is 24.4 Å². The van der Waals surface area contributed by atoms with Crippen molar-refractivity contribution < 1.29 is 14.3 Å². The molecule has 41 heavy (non-hydrogen) atoms. The molecule has 2 saturated heterocycles. The number of para-hydroxylation sites is 1. The molecule has 0 atom stereocenters. The van der Waals surface area contributed by atoms with E-state index < -0.39 is 5.60 Å². The molecular formula is C32H38N6O3. The minimum Gasteiger partial charge on any atom is -0.459 e. The van der Waals surface area contributed by atoms with Gasteiger partial charge in [0.25, 0.3) is 0 Å². The van der Waals surface area contributed by atoms with Gasteiger partial charge in [-0.15, -0.1) is 0 Å². The van der Waals surface area contributed by atoms with Gasteiger partial charge in [0.05, 0.1) is 54.2 Å². The van der Waals surface area contributed by atoms with E-state index in [2.05, 4.69) is 34.1 Å². The van der Waals surface area contributed by atoms with Crippen molar-refractivity contribution in [2.24, 2.45) is 0 Å². The van der Waals surface area contributed by atoms with Crippen molar-refractivity contribution in [1.82, 2.24) is 24.5 Å². The highest BCUT2D eigenvalue weighted by molar-refractivity contribution is 5.81. The molecule has 5 heterocycles. The lowest BCUT2D eigenvalue weighted by atomic mass is 9.92. The third kappa shape index (κ3) is 6.26. The number of piperidine rings is 1. The summed E-state index contributed by atoms with van der Waals surface area (Å²) in [6.45, 7) is 10.7. The summed E-state index contributed by atoms with van der Waals surface area (Å²) >= 11 is 0. The van der Waals surface area contributed by atoms with Crippen LogP contribution in [0.3, 0.4) is 0 Å². The number of likely N-dealkylation sites (tertiary alicyclic amines) is 1. The van der Waals surface area contributed by atoms with E-state index in [0.29, 0.717) is 19.8 Å². The number of fused-ring (bicyclic) bond motifs is 2. The van der Waals surface area contributed by atoms with E-state index >= 15 is 0 Å². The Morgan fingerprint density at radius 1 is 1.00 bits per heavy atom. The summed E-state index contributed by atoms with van der Waals surface area (Å²) in [5.41, 5.74) is 5.36. The Balaban J connectivity index is 1.30. The standard InChI is InChI=1S/C32H38N6O3/c1-32(2,3)41-29(39)22-36-16-13-24(14-17-36)30-27(11-10-25-9-8-23-6-4-5-7-26(23)34-25)35-31-28(12-15-33-38(30)31)37-18-20-40-21-19-37/h4-12,15,24H,13-14,16-22H2,1-3H3. The molecule has 0 bridgehead atoms. The largest absolute Gasteiger partial charge is 0.459 e. The van der Waals surface area contributed by atoms with Crippen LogP contribution in [0, 0.1) is 0 Å². The van der Waals surface area contributed by atoms with Crippen LogP contribution < -0.4 is 4.90 Å². The number of carbonyl (C=O) groups excluding carboxylic acids is 1. The molecule has 2 aliphatic rings. The van der Waals surface area contributed by atoms with E-state index in [1.165, 1.54) is 0 Å². The SMILES string of the molecule is CC(C)(C)OC(=O)CN1CCC(c2c(C=Cc3ccc4ccccc4n3)nc3c(N4CCOCC4)ccnn23)CC1. The van der Waals surface area contributed by atoms with Crippen LogP contribution in [0.25, 0.3) is 28.7 Å². The summed E-state index contributed by atoms with van der Waals surface area (Å²) in [6.07, 6.45) is 7.82. The lowest BCUT2D eigenvalue weighted by Crippen LogP contribution is -2.39. The smallest absolute Gasteiger partial charge is 0.320 e. The van der Waals surface area contributed by atoms with Gasteiger partial charge >= 0.3 is 5.97 Å². The zero-order valence-electron chi connectivity index (χ0n) is 24.1. The van der Waals surface area contributed by atoms with Crippen LogP contribution in [-0.2, 0) is 14.3 Å². The van der Waals surface area contributed by atoms with E-state index in [1.54, 1.807) is 0 Å². The Hall–Kier alpha value is -3.82. The zero-order valence-corrected chi connectivity index (χ0v) is 24.1. The van der Waals surface area contributed by atoms with E-state index in [4.69, 9.17) is 24.5 Å². The third-order valence-corrected chi connectivity index (χ3v) is 7.69. The Kier molecular flexibility index (Phi) is 7.73. The van der Waals surface area contributed by atoms with Crippen molar-refractivity contribution in [2.45, 2.75) is 45.1 Å². The second-order valence-corrected chi connectivity index (χ2v) is 11.8. The summed E-state index contributed by atoms with van der Waals surface area (Å²) in [5.74, 6) is 0.0885. The van der Waals surface area contributed by atoms with Gasteiger partial charge in [0.2, 0.25) is 0 Å². The molecule has 2 fully saturated rings. The number of nitrogens with zero attached hydrogens (tertiary/aromatic N) is 6. The lowest BCUT2D eigenvalue weighted by Gasteiger charge is -2.32. The number of aromatic nitrogens is 4. The molecule has 1 aromatic carbocycles. The first-order chi connectivity index (χ1) is 19.8. The van der Waals surface area contributed by atoms with Crippen LogP contribution in [0.15, 0.2) is 48.7 Å². The number of hydrogen-bond donors (Lipinski definition) is 0. The fourth-order valence-corrected chi connectivity index (χ4v) is 5.78. The number of ether oxygens (including phenoxy) is 2. The molecule has 3 aromatic heterocycles. The van der Waals surface area contributed by atoms with Crippen LogP contribution in [0.4, 0.5) is 5.69 Å². The second-order valence-electron chi connectivity index (χ2n) is 11.8. The van der Waals surface area contributed by atoms with Gasteiger partial charge in [-0.3, -0.25) is 9.69 Å². The zero-order chi connectivity index (χ0) is 28.4. The molecule has 0 amide bonds. The van der Waals surface area contributed by atoms with E-state index in [1.807, 2.05) is 61.8 Å². The highest BCUT2D eigenvalue weighted by Crippen LogP contribution is 2.34. The number of morpholine rings is 1. The van der Waals surface area contributed by atoms with Crippen molar-refractivity contribution in [3.8, 4) is 0 Å². The molecule has 0 radical (unpaired) electrons. The van der Waals surface area contributed by atoms with E-state index in [0.717, 1.165) is 78.3 Å². The predicted molar refractivity (Wildman–Crippen MR) is 161 cm³/mol. The van der Waals surface area contributed by atoms with Crippen LogP contribution in [0.5, 0.6) is 0 Å². The maximum atomic E-state index is 12.4. The molecule has 0 saturated carbocycles. The minimum atomic E-state index is -0.475. The average Bonchev–Trinajstić information content (AvgIpc) is 3.34. The van der Waals surface area contributed by atoms with Crippen molar-refractivity contribution in [2.75, 3.05) is 50.8 Å². The molecule has 0 aliphatic carbocycles. The average molecular weight is 555 g/mol. The normalized spacial score (nSPS) is 17.6. The van der Waals surface area contributed by atoms with E-state index in [-0.39, 0.29) is 11.9 Å². The van der Waals surface area contributed by atoms with Crippen LogP contribution in [-0.4, -0.2) is 82.0 Å². The first-order valence-corrected chi connectivity index (χ1v) is 14.5. The van der Waals surface area contributed by atoms with Gasteiger partial charge in [-0.05, 0) is 77.1 Å². The molecule has 4 aromatic rings. The molecule has 9 nitrogen and oxygen atoms in total. The number of anilines is 1. The lowest BCUT2D eigenvalue weighted by molar-refractivity contribution is -0.156. The minimum absolute atomic E-state index is 0.172. The first kappa shape index (κ1) is 27.4. The third-order valence-electron chi connectivity index (χ3n) is 7.69. The summed E-state index contributed by atoms with van der Waals surface area (Å²) in [5, 5.41) is 5.92. The highest BCUT2D eigenvalue weighted by Gasteiger charge is 2.29. The Morgan fingerprint density at radius 3 is 2.56 bits per heavy atom. The number of benzene rings is 1. The molecule has 0 spiro atoms. The molecule has 2 aliphatic heterocycles. The fraction of sp³-hybridized carbons (Fsp3) is 0.438. The monoisotopic (exact) mass is 554 g/mol. The van der Waals surface area contributed by atoms with Crippen molar-refractivity contribution in [3.63, 3.8) is 0 Å². The van der Waals surface area contributed by atoms with Crippen LogP contribution >= 0.6 is 0 Å². The maximum Gasteiger partial charge on any atom is 0.320 e. The topological polar surface area (TPSA) is 85.1 Å². The van der Waals surface area contributed by atoms with Crippen LogP contribution in [0.2, 0.25) is 0 Å². The number of hydrogen-bond acceptors (Lipinski definition) is 8. The molecule has 0 unspecified atom stereocenters. The molecular weight excluding hydrogens is 516 g/mol. The quantitative estimate of drug-likeness (QED) is 0.314. The fourth-order valence-electron chi connectivity index (χ4n) is 5.78. The highest BCUT2D eigenvalue weighted by atomic mass is 16.6. The number of carbonyl (C=O) groups is 1. The number of imidazole rings is 1. The van der Waals surface area contributed by atoms with Crippen molar-refractivity contribution in [1.29, 1.82) is 0 Å². The Morgan fingerprint density at radius 2 is 1.78 bits per heavy atom. The summed E-state index contributed by atoms with van der Waals surface area (Å²) < 4.78 is 13.2. The summed E-state index contributed by atoms with van der Waals surface area (Å²) in [6, 6.07) is 14.3.